The third-order valence-electron chi connectivity index (χ3n) is 4.07. The molecule has 0 atom stereocenters. The lowest BCUT2D eigenvalue weighted by atomic mass is 9.85. The highest BCUT2D eigenvalue weighted by atomic mass is 16.1. The molecule has 0 heterocycles. The number of hydrogen-bond acceptors (Lipinski definition) is 1. The van der Waals surface area contributed by atoms with Crippen molar-refractivity contribution in [1.29, 1.82) is 0 Å². The van der Waals surface area contributed by atoms with E-state index in [0.29, 0.717) is 0 Å². The van der Waals surface area contributed by atoms with Crippen molar-refractivity contribution in [3.63, 3.8) is 0 Å². The Balaban J connectivity index is 1.51. The molecular weight excluding hydrogens is 186 g/mol. The molecule has 0 spiro atoms. The van der Waals surface area contributed by atoms with Crippen LogP contribution in [0, 0.1) is 11.8 Å². The second kappa shape index (κ2) is 5.53. The lowest BCUT2D eigenvalue weighted by Gasteiger charge is -2.25. The van der Waals surface area contributed by atoms with Crippen LogP contribution in [0.4, 0.5) is 0 Å². The molecule has 2 aliphatic carbocycles. The Morgan fingerprint density at radius 3 is 2.27 bits per heavy atom. The van der Waals surface area contributed by atoms with E-state index in [1.54, 1.807) is 0 Å². The number of nitrogens with one attached hydrogen (secondary N) is 1. The SMILES string of the molecule is O=C(CCC1CCCC1)NCC1CCC1. The molecule has 0 aromatic heterocycles. The van der Waals surface area contributed by atoms with E-state index < -0.39 is 0 Å². The van der Waals surface area contributed by atoms with Crippen molar-refractivity contribution in [3.8, 4) is 0 Å². The first-order valence-corrected chi connectivity index (χ1v) is 6.61. The van der Waals surface area contributed by atoms with Crippen LogP contribution in [-0.4, -0.2) is 12.5 Å². The second-order valence-corrected chi connectivity index (χ2v) is 5.29. The van der Waals surface area contributed by atoms with Crippen LogP contribution in [0.2, 0.25) is 0 Å². The van der Waals surface area contributed by atoms with Gasteiger partial charge in [0, 0.05) is 13.0 Å². The Bertz CT molecular complexity index is 205. The van der Waals surface area contributed by atoms with Crippen molar-refractivity contribution in [2.75, 3.05) is 6.54 Å². The Hall–Kier alpha value is -0.530. The smallest absolute Gasteiger partial charge is 0.220 e. The Morgan fingerprint density at radius 2 is 1.67 bits per heavy atom. The van der Waals surface area contributed by atoms with Gasteiger partial charge in [-0.15, -0.1) is 0 Å². The molecule has 1 N–H and O–H groups in total. The van der Waals surface area contributed by atoms with Crippen molar-refractivity contribution in [2.24, 2.45) is 11.8 Å². The van der Waals surface area contributed by atoms with Gasteiger partial charge in [-0.25, -0.2) is 0 Å². The summed E-state index contributed by atoms with van der Waals surface area (Å²) in [6, 6.07) is 0. The summed E-state index contributed by atoms with van der Waals surface area (Å²) in [6.07, 6.45) is 11.4. The van der Waals surface area contributed by atoms with E-state index in [9.17, 15) is 4.79 Å². The highest BCUT2D eigenvalue weighted by Crippen LogP contribution is 2.28. The van der Waals surface area contributed by atoms with Crippen molar-refractivity contribution in [3.05, 3.63) is 0 Å². The van der Waals surface area contributed by atoms with E-state index in [2.05, 4.69) is 5.32 Å². The molecule has 2 saturated carbocycles. The fourth-order valence-electron chi connectivity index (χ4n) is 2.68. The summed E-state index contributed by atoms with van der Waals surface area (Å²) in [5, 5.41) is 3.07. The van der Waals surface area contributed by atoms with E-state index in [-0.39, 0.29) is 5.91 Å². The molecule has 2 fully saturated rings. The number of amides is 1. The zero-order valence-corrected chi connectivity index (χ0v) is 9.63. The summed E-state index contributed by atoms with van der Waals surface area (Å²) in [7, 11) is 0. The van der Waals surface area contributed by atoms with Gasteiger partial charge in [0.05, 0.1) is 0 Å². The fraction of sp³-hybridized carbons (Fsp3) is 0.923. The predicted molar refractivity (Wildman–Crippen MR) is 61.5 cm³/mol. The topological polar surface area (TPSA) is 29.1 Å². The third-order valence-corrected chi connectivity index (χ3v) is 4.07. The van der Waals surface area contributed by atoms with Crippen LogP contribution in [-0.2, 0) is 4.79 Å². The van der Waals surface area contributed by atoms with Gasteiger partial charge < -0.3 is 5.32 Å². The Morgan fingerprint density at radius 1 is 1.00 bits per heavy atom. The largest absolute Gasteiger partial charge is 0.356 e. The van der Waals surface area contributed by atoms with Gasteiger partial charge in [-0.1, -0.05) is 32.1 Å². The molecule has 2 nitrogen and oxygen atoms in total. The van der Waals surface area contributed by atoms with E-state index >= 15 is 0 Å². The molecule has 0 unspecified atom stereocenters. The number of carbonyl (C=O) groups excluding carboxylic acids is 1. The number of carbonyl (C=O) groups is 1. The summed E-state index contributed by atoms with van der Waals surface area (Å²) in [5.41, 5.74) is 0. The summed E-state index contributed by atoms with van der Waals surface area (Å²) >= 11 is 0. The van der Waals surface area contributed by atoms with Gasteiger partial charge in [0.25, 0.3) is 0 Å². The van der Waals surface area contributed by atoms with E-state index in [4.69, 9.17) is 0 Å². The molecule has 2 rings (SSSR count). The van der Waals surface area contributed by atoms with Gasteiger partial charge in [-0.2, -0.15) is 0 Å². The zero-order valence-electron chi connectivity index (χ0n) is 9.63. The first-order valence-electron chi connectivity index (χ1n) is 6.61. The third kappa shape index (κ3) is 3.51. The molecular formula is C13H23NO. The molecule has 15 heavy (non-hydrogen) atoms. The lowest BCUT2D eigenvalue weighted by molar-refractivity contribution is -0.121. The molecule has 0 aliphatic heterocycles. The molecule has 0 aromatic carbocycles. The van der Waals surface area contributed by atoms with Gasteiger partial charge in [0.1, 0.15) is 0 Å². The van der Waals surface area contributed by atoms with Gasteiger partial charge in [-0.3, -0.25) is 4.79 Å². The average molecular weight is 209 g/mol. The minimum absolute atomic E-state index is 0.286. The van der Waals surface area contributed by atoms with Gasteiger partial charge in [-0.05, 0) is 31.1 Å². The minimum atomic E-state index is 0.286. The monoisotopic (exact) mass is 209 g/mol. The quantitative estimate of drug-likeness (QED) is 0.741. The Kier molecular flexibility index (Phi) is 4.04. The van der Waals surface area contributed by atoms with Crippen molar-refractivity contribution < 1.29 is 4.79 Å². The molecule has 1 amide bonds. The molecule has 86 valence electrons. The number of hydrogen-bond donors (Lipinski definition) is 1. The van der Waals surface area contributed by atoms with Crippen LogP contribution in [0.1, 0.15) is 57.8 Å². The van der Waals surface area contributed by atoms with Crippen molar-refractivity contribution in [1.82, 2.24) is 5.32 Å². The summed E-state index contributed by atoms with van der Waals surface area (Å²) < 4.78 is 0. The van der Waals surface area contributed by atoms with Crippen LogP contribution in [0.5, 0.6) is 0 Å². The standard InChI is InChI=1S/C13H23NO/c15-13(14-10-12-6-3-7-12)9-8-11-4-1-2-5-11/h11-12H,1-10H2,(H,14,15). The highest BCUT2D eigenvalue weighted by Gasteiger charge is 2.19. The van der Waals surface area contributed by atoms with Crippen molar-refractivity contribution in [2.45, 2.75) is 57.8 Å². The maximum absolute atomic E-state index is 11.5. The second-order valence-electron chi connectivity index (χ2n) is 5.29. The van der Waals surface area contributed by atoms with Crippen LogP contribution in [0.15, 0.2) is 0 Å². The summed E-state index contributed by atoms with van der Waals surface area (Å²) in [6.45, 7) is 0.934. The first kappa shape index (κ1) is 11.0. The minimum Gasteiger partial charge on any atom is -0.356 e. The zero-order chi connectivity index (χ0) is 10.5. The molecule has 0 aromatic rings. The van der Waals surface area contributed by atoms with Gasteiger partial charge >= 0.3 is 0 Å². The lowest BCUT2D eigenvalue weighted by Crippen LogP contribution is -2.32. The summed E-state index contributed by atoms with van der Waals surface area (Å²) in [4.78, 5) is 11.5. The molecule has 0 bridgehead atoms. The first-order chi connectivity index (χ1) is 7.34. The summed E-state index contributed by atoms with van der Waals surface area (Å²) in [5.74, 6) is 1.92. The molecule has 0 radical (unpaired) electrons. The van der Waals surface area contributed by atoms with Gasteiger partial charge in [0.15, 0.2) is 0 Å². The van der Waals surface area contributed by atoms with Gasteiger partial charge in [0.2, 0.25) is 5.91 Å². The predicted octanol–water partition coefficient (Wildman–Crippen LogP) is 2.87. The molecule has 2 aliphatic rings. The number of rotatable bonds is 5. The molecule has 2 heteroatoms. The Labute approximate surface area is 92.8 Å². The van der Waals surface area contributed by atoms with Crippen LogP contribution < -0.4 is 5.32 Å². The maximum Gasteiger partial charge on any atom is 0.220 e. The molecule has 0 saturated heterocycles. The van der Waals surface area contributed by atoms with E-state index in [1.165, 1.54) is 44.9 Å². The van der Waals surface area contributed by atoms with E-state index in [0.717, 1.165) is 31.2 Å². The van der Waals surface area contributed by atoms with Crippen LogP contribution in [0.25, 0.3) is 0 Å². The highest BCUT2D eigenvalue weighted by molar-refractivity contribution is 5.75. The van der Waals surface area contributed by atoms with Crippen LogP contribution >= 0.6 is 0 Å². The maximum atomic E-state index is 11.5. The van der Waals surface area contributed by atoms with Crippen LogP contribution in [0.3, 0.4) is 0 Å². The van der Waals surface area contributed by atoms with E-state index in [1.807, 2.05) is 0 Å². The normalized spacial score (nSPS) is 22.7. The fourth-order valence-corrected chi connectivity index (χ4v) is 2.68. The van der Waals surface area contributed by atoms with Crippen molar-refractivity contribution >= 4 is 5.91 Å². The average Bonchev–Trinajstić information content (AvgIpc) is 2.64.